The molecule has 0 saturated heterocycles. The summed E-state index contributed by atoms with van der Waals surface area (Å²) in [6.07, 6.45) is 5.04. The van der Waals surface area contributed by atoms with Gasteiger partial charge in [-0.3, -0.25) is 9.78 Å². The largest absolute Gasteiger partial charge is 0.352 e. The van der Waals surface area contributed by atoms with E-state index in [1.165, 1.54) is 11.1 Å². The summed E-state index contributed by atoms with van der Waals surface area (Å²) >= 11 is 0. The van der Waals surface area contributed by atoms with E-state index >= 15 is 0 Å². The Morgan fingerprint density at radius 2 is 1.87 bits per heavy atom. The molecule has 2 aromatic heterocycles. The first-order chi connectivity index (χ1) is 15.2. The van der Waals surface area contributed by atoms with Crippen LogP contribution >= 0.6 is 0 Å². The van der Waals surface area contributed by atoms with Crippen molar-refractivity contribution in [1.82, 2.24) is 19.9 Å². The Kier molecular flexibility index (Phi) is 6.41. The highest BCUT2D eigenvalue weighted by Crippen LogP contribution is 2.21. The zero-order valence-electron chi connectivity index (χ0n) is 18.1. The SMILES string of the molecule is CCC(C)c1ccc(Cn2c(CCNC(=O)c3cccnc3)nc3ccccc32)cc1. The van der Waals surface area contributed by atoms with Crippen LogP contribution in [0.4, 0.5) is 0 Å². The first-order valence-corrected chi connectivity index (χ1v) is 10.9. The summed E-state index contributed by atoms with van der Waals surface area (Å²) in [7, 11) is 0. The molecule has 0 bridgehead atoms. The highest BCUT2D eigenvalue weighted by atomic mass is 16.1. The molecule has 4 rings (SSSR count). The zero-order chi connectivity index (χ0) is 21.6. The van der Waals surface area contributed by atoms with Crippen molar-refractivity contribution in [3.8, 4) is 0 Å². The van der Waals surface area contributed by atoms with Gasteiger partial charge in [0.15, 0.2) is 0 Å². The second-order valence-electron chi connectivity index (χ2n) is 7.90. The lowest BCUT2D eigenvalue weighted by Crippen LogP contribution is -2.26. The van der Waals surface area contributed by atoms with Gasteiger partial charge in [0.25, 0.3) is 5.91 Å². The molecule has 0 fully saturated rings. The number of amides is 1. The minimum atomic E-state index is -0.114. The molecule has 1 unspecified atom stereocenters. The van der Waals surface area contributed by atoms with Crippen LogP contribution in [0.5, 0.6) is 0 Å². The van der Waals surface area contributed by atoms with E-state index in [1.54, 1.807) is 24.5 Å². The van der Waals surface area contributed by atoms with Crippen LogP contribution in [0, 0.1) is 0 Å². The number of nitrogens with zero attached hydrogens (tertiary/aromatic N) is 3. The third kappa shape index (κ3) is 4.82. The first-order valence-electron chi connectivity index (χ1n) is 10.9. The Morgan fingerprint density at radius 3 is 2.61 bits per heavy atom. The number of rotatable bonds is 8. The third-order valence-electron chi connectivity index (χ3n) is 5.79. The lowest BCUT2D eigenvalue weighted by molar-refractivity contribution is 0.0953. The van der Waals surface area contributed by atoms with Gasteiger partial charge in [0, 0.05) is 31.9 Å². The molecule has 0 saturated carbocycles. The molecule has 2 aromatic carbocycles. The number of fused-ring (bicyclic) bond motifs is 1. The van der Waals surface area contributed by atoms with Crippen molar-refractivity contribution in [1.29, 1.82) is 0 Å². The summed E-state index contributed by atoms with van der Waals surface area (Å²) in [6.45, 7) is 5.75. The number of para-hydroxylation sites is 2. The van der Waals surface area contributed by atoms with E-state index in [0.29, 0.717) is 24.4 Å². The molecule has 5 heteroatoms. The molecule has 5 nitrogen and oxygen atoms in total. The van der Waals surface area contributed by atoms with Gasteiger partial charge >= 0.3 is 0 Å². The molecule has 2 heterocycles. The lowest BCUT2D eigenvalue weighted by atomic mass is 9.98. The summed E-state index contributed by atoms with van der Waals surface area (Å²) in [5, 5.41) is 2.98. The summed E-state index contributed by atoms with van der Waals surface area (Å²) in [5.74, 6) is 1.43. The van der Waals surface area contributed by atoms with Crippen molar-refractivity contribution in [2.45, 2.75) is 39.2 Å². The number of carbonyl (C=O) groups excluding carboxylic acids is 1. The van der Waals surface area contributed by atoms with Crippen molar-refractivity contribution in [3.05, 3.63) is 95.6 Å². The van der Waals surface area contributed by atoms with Crippen molar-refractivity contribution < 1.29 is 4.79 Å². The minimum absolute atomic E-state index is 0.114. The van der Waals surface area contributed by atoms with Gasteiger partial charge in [0.2, 0.25) is 0 Å². The fraction of sp³-hybridized carbons (Fsp3) is 0.269. The van der Waals surface area contributed by atoms with Crippen LogP contribution in [-0.2, 0) is 13.0 Å². The van der Waals surface area contributed by atoms with Crippen LogP contribution in [-0.4, -0.2) is 27.0 Å². The molecule has 158 valence electrons. The molecule has 0 aliphatic rings. The van der Waals surface area contributed by atoms with Crippen LogP contribution in [0.2, 0.25) is 0 Å². The number of carbonyl (C=O) groups is 1. The molecule has 0 aliphatic heterocycles. The van der Waals surface area contributed by atoms with Gasteiger partial charge in [0.05, 0.1) is 16.6 Å². The fourth-order valence-electron chi connectivity index (χ4n) is 3.75. The highest BCUT2D eigenvalue weighted by molar-refractivity contribution is 5.93. The second kappa shape index (κ2) is 9.56. The van der Waals surface area contributed by atoms with Gasteiger partial charge in [-0.1, -0.05) is 50.2 Å². The Balaban J connectivity index is 1.51. The number of nitrogens with one attached hydrogen (secondary N) is 1. The summed E-state index contributed by atoms with van der Waals surface area (Å²) < 4.78 is 2.25. The highest BCUT2D eigenvalue weighted by Gasteiger charge is 2.12. The molecule has 31 heavy (non-hydrogen) atoms. The van der Waals surface area contributed by atoms with Crippen molar-refractivity contribution in [2.24, 2.45) is 0 Å². The predicted molar refractivity (Wildman–Crippen MR) is 124 cm³/mol. The fourth-order valence-corrected chi connectivity index (χ4v) is 3.75. The number of benzene rings is 2. The maximum atomic E-state index is 12.3. The van der Waals surface area contributed by atoms with Gasteiger partial charge in [0.1, 0.15) is 5.82 Å². The molecule has 4 aromatic rings. The van der Waals surface area contributed by atoms with Crippen LogP contribution in [0.3, 0.4) is 0 Å². The molecule has 1 N–H and O–H groups in total. The number of imidazole rings is 1. The van der Waals surface area contributed by atoms with Crippen LogP contribution in [0.1, 0.15) is 53.5 Å². The minimum Gasteiger partial charge on any atom is -0.352 e. The van der Waals surface area contributed by atoms with Crippen LogP contribution < -0.4 is 5.32 Å². The summed E-state index contributed by atoms with van der Waals surface area (Å²) in [4.78, 5) is 21.2. The molecule has 1 amide bonds. The van der Waals surface area contributed by atoms with Gasteiger partial charge in [-0.25, -0.2) is 4.98 Å². The second-order valence-corrected chi connectivity index (χ2v) is 7.90. The van der Waals surface area contributed by atoms with Crippen molar-refractivity contribution in [2.75, 3.05) is 6.54 Å². The average molecular weight is 413 g/mol. The van der Waals surface area contributed by atoms with E-state index in [-0.39, 0.29) is 5.91 Å². The van der Waals surface area contributed by atoms with E-state index in [0.717, 1.165) is 29.8 Å². The predicted octanol–water partition coefficient (Wildman–Crippen LogP) is 4.97. The molecule has 0 aliphatic carbocycles. The Labute approximate surface area is 183 Å². The van der Waals surface area contributed by atoms with E-state index < -0.39 is 0 Å². The van der Waals surface area contributed by atoms with E-state index in [1.807, 2.05) is 18.2 Å². The van der Waals surface area contributed by atoms with Crippen molar-refractivity contribution >= 4 is 16.9 Å². The number of aromatic nitrogens is 3. The number of pyridine rings is 1. The van der Waals surface area contributed by atoms with Crippen molar-refractivity contribution in [3.63, 3.8) is 0 Å². The van der Waals surface area contributed by atoms with E-state index in [2.05, 4.69) is 59.0 Å². The standard InChI is InChI=1S/C26H28N4O/c1-3-19(2)21-12-10-20(11-13-21)18-30-24-9-5-4-8-23(24)29-25(30)14-16-28-26(31)22-7-6-15-27-17-22/h4-13,15,17,19H,3,14,16,18H2,1-2H3,(H,28,31). The third-order valence-corrected chi connectivity index (χ3v) is 5.79. The monoisotopic (exact) mass is 412 g/mol. The average Bonchev–Trinajstić information content (AvgIpc) is 3.16. The molecular formula is C26H28N4O. The Morgan fingerprint density at radius 1 is 1.06 bits per heavy atom. The Hall–Kier alpha value is -3.47. The Bertz CT molecular complexity index is 1150. The maximum Gasteiger partial charge on any atom is 0.252 e. The van der Waals surface area contributed by atoms with Gasteiger partial charge in [-0.05, 0) is 47.7 Å². The quantitative estimate of drug-likeness (QED) is 0.445. The number of hydrogen-bond donors (Lipinski definition) is 1. The van der Waals surface area contributed by atoms with Gasteiger partial charge in [-0.15, -0.1) is 0 Å². The zero-order valence-corrected chi connectivity index (χ0v) is 18.1. The summed E-state index contributed by atoms with van der Waals surface area (Å²) in [5.41, 5.74) is 5.28. The maximum absolute atomic E-state index is 12.3. The van der Waals surface area contributed by atoms with Crippen LogP contribution in [0.25, 0.3) is 11.0 Å². The molecular weight excluding hydrogens is 384 g/mol. The van der Waals surface area contributed by atoms with E-state index in [9.17, 15) is 4.79 Å². The molecule has 0 spiro atoms. The number of hydrogen-bond acceptors (Lipinski definition) is 3. The van der Waals surface area contributed by atoms with Gasteiger partial charge < -0.3 is 9.88 Å². The molecule has 1 atom stereocenters. The lowest BCUT2D eigenvalue weighted by Gasteiger charge is -2.12. The summed E-state index contributed by atoms with van der Waals surface area (Å²) in [6, 6.07) is 20.6. The van der Waals surface area contributed by atoms with Crippen LogP contribution in [0.15, 0.2) is 73.1 Å². The topological polar surface area (TPSA) is 59.8 Å². The smallest absolute Gasteiger partial charge is 0.252 e. The molecule has 0 radical (unpaired) electrons. The van der Waals surface area contributed by atoms with Gasteiger partial charge in [-0.2, -0.15) is 0 Å². The first kappa shape index (κ1) is 20.8. The normalized spacial score (nSPS) is 12.1. The van der Waals surface area contributed by atoms with E-state index in [4.69, 9.17) is 4.98 Å².